The van der Waals surface area contributed by atoms with Crippen LogP contribution < -0.4 is 9.47 Å². The summed E-state index contributed by atoms with van der Waals surface area (Å²) >= 11 is 19.6. The van der Waals surface area contributed by atoms with E-state index in [1.807, 2.05) is 63.7 Å². The van der Waals surface area contributed by atoms with Crippen molar-refractivity contribution >= 4 is 58.1 Å². The molecule has 0 saturated heterocycles. The van der Waals surface area contributed by atoms with Crippen LogP contribution in [0.4, 0.5) is 0 Å². The number of ether oxygens (including phenoxy) is 2. The van der Waals surface area contributed by atoms with Crippen molar-refractivity contribution in [1.82, 2.24) is 24.2 Å². The minimum atomic E-state index is -0.120. The van der Waals surface area contributed by atoms with Gasteiger partial charge in [0.2, 0.25) is 0 Å². The van der Waals surface area contributed by atoms with Gasteiger partial charge in [0.25, 0.3) is 12.4 Å². The summed E-state index contributed by atoms with van der Waals surface area (Å²) in [7, 11) is 1.92. The number of fused-ring (bicyclic) bond motifs is 3. The topological polar surface area (TPSA) is 91.5 Å². The largest absolute Gasteiger partial charge is 0.494 e. The molecule has 0 saturated carbocycles. The molecule has 1 aliphatic rings. The standard InChI is InChI=1S/C36H36Cl3N5O4/c1-20-14-25(15-21(2)33(20)39)47-13-6-8-27-28-9-10-29(37)32(31-22(3)41-42(5)23(31)4)34(28)44-12-7-11-43(36(46)35(27)44)18-24-16-26(48-19-45)17-30(38)40-24/h9-10,14-17,19H,6-8,11-13,18H2,1-5H3. The van der Waals surface area contributed by atoms with Gasteiger partial charge in [0.1, 0.15) is 22.3 Å². The second-order valence-electron chi connectivity index (χ2n) is 12.2. The number of carbonyl (C=O) groups is 2. The molecule has 0 bridgehead atoms. The predicted octanol–water partition coefficient (Wildman–Crippen LogP) is 8.22. The number of pyridine rings is 1. The molecule has 250 valence electrons. The number of aromatic nitrogens is 4. The van der Waals surface area contributed by atoms with Crippen LogP contribution in [-0.4, -0.2) is 49.8 Å². The summed E-state index contributed by atoms with van der Waals surface area (Å²) in [6.45, 7) is 10.0. The van der Waals surface area contributed by atoms with Crippen molar-refractivity contribution in [2.45, 2.75) is 60.0 Å². The molecular weight excluding hydrogens is 673 g/mol. The minimum absolute atomic E-state index is 0.120. The van der Waals surface area contributed by atoms with E-state index in [1.165, 1.54) is 6.07 Å². The van der Waals surface area contributed by atoms with Crippen LogP contribution in [0.25, 0.3) is 22.0 Å². The van der Waals surface area contributed by atoms with E-state index in [2.05, 4.69) is 14.6 Å². The van der Waals surface area contributed by atoms with Crippen molar-refractivity contribution in [3.8, 4) is 22.6 Å². The summed E-state index contributed by atoms with van der Waals surface area (Å²) < 4.78 is 15.2. The number of hydrogen-bond donors (Lipinski definition) is 0. The Morgan fingerprint density at radius 1 is 0.958 bits per heavy atom. The maximum Gasteiger partial charge on any atom is 0.298 e. The molecule has 9 nitrogen and oxygen atoms in total. The Labute approximate surface area is 294 Å². The van der Waals surface area contributed by atoms with Gasteiger partial charge in [0.05, 0.1) is 35.1 Å². The molecule has 1 aliphatic heterocycles. The van der Waals surface area contributed by atoms with Gasteiger partial charge in [-0.1, -0.05) is 40.9 Å². The highest BCUT2D eigenvalue weighted by Crippen LogP contribution is 2.43. The number of halogens is 3. The van der Waals surface area contributed by atoms with Crippen LogP contribution in [0, 0.1) is 27.7 Å². The van der Waals surface area contributed by atoms with Crippen molar-refractivity contribution in [2.24, 2.45) is 7.05 Å². The molecule has 0 unspecified atom stereocenters. The summed E-state index contributed by atoms with van der Waals surface area (Å²) in [6, 6.07) is 10.9. The molecule has 0 aliphatic carbocycles. The highest BCUT2D eigenvalue weighted by Gasteiger charge is 2.32. The van der Waals surface area contributed by atoms with Gasteiger partial charge < -0.3 is 18.9 Å². The van der Waals surface area contributed by atoms with E-state index >= 15 is 0 Å². The zero-order chi connectivity index (χ0) is 34.3. The van der Waals surface area contributed by atoms with Gasteiger partial charge in [-0.05, 0) is 81.8 Å². The summed E-state index contributed by atoms with van der Waals surface area (Å²) in [5.74, 6) is 0.912. The zero-order valence-corrected chi connectivity index (χ0v) is 29.8. The van der Waals surface area contributed by atoms with Crippen LogP contribution in [-0.2, 0) is 31.4 Å². The van der Waals surface area contributed by atoms with Crippen LogP contribution in [0.2, 0.25) is 15.2 Å². The van der Waals surface area contributed by atoms with Gasteiger partial charge in [0, 0.05) is 59.5 Å². The Bertz CT molecular complexity index is 2050. The number of carbonyl (C=O) groups excluding carboxylic acids is 2. The highest BCUT2D eigenvalue weighted by molar-refractivity contribution is 6.35. The van der Waals surface area contributed by atoms with Gasteiger partial charge in [-0.25, -0.2) is 4.98 Å². The molecule has 12 heteroatoms. The molecule has 0 radical (unpaired) electrons. The molecule has 5 aromatic rings. The van der Waals surface area contributed by atoms with Crippen LogP contribution in [0.1, 0.15) is 57.1 Å². The normalized spacial score (nSPS) is 13.2. The third-order valence-corrected chi connectivity index (χ3v) is 10.0. The number of amides is 1. The van der Waals surface area contributed by atoms with E-state index in [1.54, 1.807) is 11.0 Å². The molecule has 2 aromatic carbocycles. The number of nitrogens with zero attached hydrogens (tertiary/aromatic N) is 5. The second kappa shape index (κ2) is 13.8. The summed E-state index contributed by atoms with van der Waals surface area (Å²) in [5.41, 5.74) is 8.63. The molecule has 1 amide bonds. The van der Waals surface area contributed by atoms with Crippen LogP contribution in [0.5, 0.6) is 11.5 Å². The first kappa shape index (κ1) is 33.8. The lowest BCUT2D eigenvalue weighted by molar-refractivity contribution is -0.120. The Hall–Kier alpha value is -4.05. The van der Waals surface area contributed by atoms with Crippen molar-refractivity contribution in [3.63, 3.8) is 0 Å². The van der Waals surface area contributed by atoms with E-state index in [0.29, 0.717) is 61.8 Å². The quantitative estimate of drug-likeness (QED) is 0.0825. The Morgan fingerprint density at radius 3 is 2.40 bits per heavy atom. The van der Waals surface area contributed by atoms with Gasteiger partial charge in [-0.2, -0.15) is 5.10 Å². The minimum Gasteiger partial charge on any atom is -0.494 e. The molecule has 0 fully saturated rings. The van der Waals surface area contributed by atoms with Crippen molar-refractivity contribution in [2.75, 3.05) is 13.2 Å². The molecule has 3 aromatic heterocycles. The van der Waals surface area contributed by atoms with Gasteiger partial charge in [-0.15, -0.1) is 0 Å². The Balaban J connectivity index is 1.43. The average molecular weight is 709 g/mol. The lowest BCUT2D eigenvalue weighted by atomic mass is 9.98. The molecule has 0 N–H and O–H groups in total. The molecule has 0 atom stereocenters. The van der Waals surface area contributed by atoms with Crippen molar-refractivity contribution in [3.05, 3.63) is 91.1 Å². The third kappa shape index (κ3) is 6.39. The summed E-state index contributed by atoms with van der Waals surface area (Å²) in [5, 5.41) is 7.17. The smallest absolute Gasteiger partial charge is 0.298 e. The average Bonchev–Trinajstić information content (AvgIpc) is 3.41. The first-order chi connectivity index (χ1) is 23.0. The maximum atomic E-state index is 14.6. The second-order valence-corrected chi connectivity index (χ2v) is 13.4. The fraction of sp³-hybridized carbons (Fsp3) is 0.333. The van der Waals surface area contributed by atoms with Gasteiger partial charge in [-0.3, -0.25) is 14.3 Å². The van der Waals surface area contributed by atoms with Crippen LogP contribution in [0.3, 0.4) is 0 Å². The van der Waals surface area contributed by atoms with E-state index < -0.39 is 0 Å². The lowest BCUT2D eigenvalue weighted by Gasteiger charge is -2.21. The Morgan fingerprint density at radius 2 is 1.71 bits per heavy atom. The van der Waals surface area contributed by atoms with E-state index in [4.69, 9.17) is 44.3 Å². The van der Waals surface area contributed by atoms with Crippen molar-refractivity contribution < 1.29 is 19.1 Å². The third-order valence-electron chi connectivity index (χ3n) is 8.94. The maximum absolute atomic E-state index is 14.6. The number of aryl methyl sites for hydroxylation is 6. The fourth-order valence-electron chi connectivity index (χ4n) is 6.76. The first-order valence-corrected chi connectivity index (χ1v) is 16.9. The SMILES string of the molecule is Cc1cc(OCCCc2c3n(c4c(-c5c(C)nn(C)c5C)c(Cl)ccc24)CCCN(Cc2cc(OC=O)cc(Cl)n2)C3=O)cc(C)c1Cl. The molecule has 0 spiro atoms. The van der Waals surface area contributed by atoms with Crippen molar-refractivity contribution in [1.29, 1.82) is 0 Å². The first-order valence-electron chi connectivity index (χ1n) is 15.8. The summed E-state index contributed by atoms with van der Waals surface area (Å²) in [6.07, 6.45) is 1.98. The highest BCUT2D eigenvalue weighted by atomic mass is 35.5. The molecule has 4 heterocycles. The number of rotatable bonds is 10. The van der Waals surface area contributed by atoms with Gasteiger partial charge in [0.15, 0.2) is 0 Å². The number of benzene rings is 2. The van der Waals surface area contributed by atoms with E-state index in [-0.39, 0.29) is 23.4 Å². The van der Waals surface area contributed by atoms with E-state index in [9.17, 15) is 9.59 Å². The number of hydrogen-bond acceptors (Lipinski definition) is 6. The predicted molar refractivity (Wildman–Crippen MR) is 189 cm³/mol. The lowest BCUT2D eigenvalue weighted by Crippen LogP contribution is -2.31. The van der Waals surface area contributed by atoms with Crippen LogP contribution in [0.15, 0.2) is 36.4 Å². The Kier molecular flexibility index (Phi) is 9.74. The zero-order valence-electron chi connectivity index (χ0n) is 27.5. The fourth-order valence-corrected chi connectivity index (χ4v) is 7.33. The molecular formula is C36H36Cl3N5O4. The molecule has 6 rings (SSSR count). The molecule has 48 heavy (non-hydrogen) atoms. The van der Waals surface area contributed by atoms with Gasteiger partial charge >= 0.3 is 0 Å². The van der Waals surface area contributed by atoms with Crippen LogP contribution >= 0.6 is 34.8 Å². The monoisotopic (exact) mass is 707 g/mol. The van der Waals surface area contributed by atoms with E-state index in [0.717, 1.165) is 60.9 Å². The summed E-state index contributed by atoms with van der Waals surface area (Å²) in [4.78, 5) is 31.8.